The SMILES string of the molecule is N#Cc1c(N2CCC(OCCCO)CC2)nc2ccccn12. The lowest BCUT2D eigenvalue weighted by Crippen LogP contribution is -2.37. The van der Waals surface area contributed by atoms with Crippen LogP contribution < -0.4 is 4.90 Å². The molecule has 3 heterocycles. The maximum absolute atomic E-state index is 9.45. The van der Waals surface area contributed by atoms with E-state index < -0.39 is 0 Å². The topological polar surface area (TPSA) is 73.8 Å². The van der Waals surface area contributed by atoms with Crippen LogP contribution in [0, 0.1) is 11.3 Å². The number of anilines is 1. The Balaban J connectivity index is 1.70. The van der Waals surface area contributed by atoms with Crippen LogP contribution in [-0.2, 0) is 4.74 Å². The van der Waals surface area contributed by atoms with Crippen LogP contribution >= 0.6 is 0 Å². The van der Waals surface area contributed by atoms with Crippen LogP contribution in [0.1, 0.15) is 25.0 Å². The highest BCUT2D eigenvalue weighted by atomic mass is 16.5. The van der Waals surface area contributed by atoms with Gasteiger partial charge in [0.2, 0.25) is 0 Å². The van der Waals surface area contributed by atoms with Gasteiger partial charge in [-0.05, 0) is 31.4 Å². The molecule has 0 atom stereocenters. The van der Waals surface area contributed by atoms with Crippen molar-refractivity contribution < 1.29 is 9.84 Å². The largest absolute Gasteiger partial charge is 0.396 e. The second-order valence-corrected chi connectivity index (χ2v) is 5.46. The zero-order valence-electron chi connectivity index (χ0n) is 12.5. The number of nitriles is 1. The molecule has 0 spiro atoms. The molecule has 1 aliphatic rings. The third-order valence-electron chi connectivity index (χ3n) is 4.01. The van der Waals surface area contributed by atoms with Gasteiger partial charge in [0.15, 0.2) is 11.5 Å². The van der Waals surface area contributed by atoms with Crippen LogP contribution in [0.15, 0.2) is 24.4 Å². The van der Waals surface area contributed by atoms with Crippen molar-refractivity contribution in [1.29, 1.82) is 5.26 Å². The molecule has 1 fully saturated rings. The molecule has 0 amide bonds. The molecule has 0 aromatic carbocycles. The summed E-state index contributed by atoms with van der Waals surface area (Å²) in [7, 11) is 0. The molecule has 1 N–H and O–H groups in total. The number of nitrogens with zero attached hydrogens (tertiary/aromatic N) is 4. The predicted octanol–water partition coefficient (Wildman–Crippen LogP) is 1.57. The highest BCUT2D eigenvalue weighted by Gasteiger charge is 2.24. The Morgan fingerprint density at radius 3 is 2.91 bits per heavy atom. The van der Waals surface area contributed by atoms with E-state index in [0.717, 1.165) is 37.4 Å². The number of fused-ring (bicyclic) bond motifs is 1. The van der Waals surface area contributed by atoms with E-state index in [4.69, 9.17) is 9.84 Å². The Morgan fingerprint density at radius 1 is 1.36 bits per heavy atom. The molecule has 3 rings (SSSR count). The minimum absolute atomic E-state index is 0.172. The molecular weight excluding hydrogens is 280 g/mol. The fourth-order valence-electron chi connectivity index (χ4n) is 2.86. The van der Waals surface area contributed by atoms with Gasteiger partial charge in [-0.3, -0.25) is 4.40 Å². The maximum Gasteiger partial charge on any atom is 0.169 e. The van der Waals surface area contributed by atoms with E-state index >= 15 is 0 Å². The molecule has 2 aromatic heterocycles. The first-order valence-corrected chi connectivity index (χ1v) is 7.68. The minimum Gasteiger partial charge on any atom is -0.396 e. The molecule has 6 heteroatoms. The highest BCUT2D eigenvalue weighted by molar-refractivity contribution is 5.60. The third kappa shape index (κ3) is 2.91. The molecule has 0 aliphatic carbocycles. The van der Waals surface area contributed by atoms with E-state index in [1.165, 1.54) is 0 Å². The van der Waals surface area contributed by atoms with Crippen LogP contribution in [0.3, 0.4) is 0 Å². The Labute approximate surface area is 129 Å². The van der Waals surface area contributed by atoms with Gasteiger partial charge in [-0.25, -0.2) is 4.98 Å². The van der Waals surface area contributed by atoms with Crippen molar-refractivity contribution in [2.45, 2.75) is 25.4 Å². The summed E-state index contributed by atoms with van der Waals surface area (Å²) in [5, 5.41) is 18.2. The van der Waals surface area contributed by atoms with E-state index in [0.29, 0.717) is 18.7 Å². The molecule has 22 heavy (non-hydrogen) atoms. The predicted molar refractivity (Wildman–Crippen MR) is 82.8 cm³/mol. The van der Waals surface area contributed by atoms with Crippen LogP contribution in [0.5, 0.6) is 0 Å². The van der Waals surface area contributed by atoms with Crippen molar-refractivity contribution in [3.05, 3.63) is 30.1 Å². The number of hydrogen-bond donors (Lipinski definition) is 1. The number of pyridine rings is 1. The van der Waals surface area contributed by atoms with Crippen molar-refractivity contribution in [2.75, 3.05) is 31.2 Å². The molecule has 2 aromatic rings. The second kappa shape index (κ2) is 6.77. The molecule has 116 valence electrons. The second-order valence-electron chi connectivity index (χ2n) is 5.46. The van der Waals surface area contributed by atoms with Gasteiger partial charge in [-0.1, -0.05) is 6.07 Å². The molecule has 0 saturated carbocycles. The normalized spacial score (nSPS) is 16.1. The summed E-state index contributed by atoms with van der Waals surface area (Å²) in [5.41, 5.74) is 1.39. The number of hydrogen-bond acceptors (Lipinski definition) is 5. The Morgan fingerprint density at radius 2 is 2.18 bits per heavy atom. The number of ether oxygens (including phenoxy) is 1. The van der Waals surface area contributed by atoms with Crippen molar-refractivity contribution in [1.82, 2.24) is 9.38 Å². The summed E-state index contributed by atoms with van der Waals surface area (Å²) in [6, 6.07) is 8.01. The number of aliphatic hydroxyl groups excluding tert-OH is 1. The van der Waals surface area contributed by atoms with E-state index in [2.05, 4.69) is 16.0 Å². The smallest absolute Gasteiger partial charge is 0.169 e. The van der Waals surface area contributed by atoms with E-state index in [-0.39, 0.29) is 12.7 Å². The van der Waals surface area contributed by atoms with Crippen molar-refractivity contribution >= 4 is 11.5 Å². The summed E-state index contributed by atoms with van der Waals surface area (Å²) in [6.07, 6.45) is 4.64. The fraction of sp³-hybridized carbons (Fsp3) is 0.500. The van der Waals surface area contributed by atoms with Gasteiger partial charge in [-0.15, -0.1) is 0 Å². The van der Waals surface area contributed by atoms with E-state index in [9.17, 15) is 5.26 Å². The molecule has 6 nitrogen and oxygen atoms in total. The minimum atomic E-state index is 0.172. The van der Waals surface area contributed by atoms with E-state index in [1.54, 1.807) is 0 Å². The standard InChI is InChI=1S/C16H20N4O2/c17-12-14-16(18-15-4-1-2-7-20(14)15)19-8-5-13(6-9-19)22-11-3-10-21/h1-2,4,7,13,21H,3,5-6,8-11H2. The monoisotopic (exact) mass is 300 g/mol. The van der Waals surface area contributed by atoms with Gasteiger partial charge in [0, 0.05) is 32.5 Å². The number of imidazole rings is 1. The molecule has 0 bridgehead atoms. The van der Waals surface area contributed by atoms with Gasteiger partial charge < -0.3 is 14.7 Å². The van der Waals surface area contributed by atoms with Crippen molar-refractivity contribution in [3.63, 3.8) is 0 Å². The van der Waals surface area contributed by atoms with Gasteiger partial charge in [-0.2, -0.15) is 5.26 Å². The fourth-order valence-corrected chi connectivity index (χ4v) is 2.86. The molecule has 0 radical (unpaired) electrons. The third-order valence-corrected chi connectivity index (χ3v) is 4.01. The van der Waals surface area contributed by atoms with Gasteiger partial charge in [0.25, 0.3) is 0 Å². The van der Waals surface area contributed by atoms with Crippen LogP contribution in [0.4, 0.5) is 5.82 Å². The van der Waals surface area contributed by atoms with Crippen molar-refractivity contribution in [2.24, 2.45) is 0 Å². The lowest BCUT2D eigenvalue weighted by Gasteiger charge is -2.32. The molecule has 1 aliphatic heterocycles. The summed E-state index contributed by atoms with van der Waals surface area (Å²) >= 11 is 0. The molecular formula is C16H20N4O2. The zero-order valence-corrected chi connectivity index (χ0v) is 12.5. The number of aromatic nitrogens is 2. The first-order valence-electron chi connectivity index (χ1n) is 7.68. The Hall–Kier alpha value is -2.10. The summed E-state index contributed by atoms with van der Waals surface area (Å²) in [4.78, 5) is 6.76. The van der Waals surface area contributed by atoms with Gasteiger partial charge in [0.1, 0.15) is 11.7 Å². The highest BCUT2D eigenvalue weighted by Crippen LogP contribution is 2.25. The summed E-state index contributed by atoms with van der Waals surface area (Å²) < 4.78 is 7.58. The average Bonchev–Trinajstić information content (AvgIpc) is 2.94. The first kappa shape index (κ1) is 14.8. The average molecular weight is 300 g/mol. The number of aliphatic hydroxyl groups is 1. The molecule has 1 saturated heterocycles. The van der Waals surface area contributed by atoms with Crippen LogP contribution in [-0.4, -0.2) is 46.9 Å². The summed E-state index contributed by atoms with van der Waals surface area (Å²) in [5.74, 6) is 0.766. The quantitative estimate of drug-likeness (QED) is 0.849. The Bertz CT molecular complexity index is 668. The number of rotatable bonds is 5. The molecule has 0 unspecified atom stereocenters. The maximum atomic E-state index is 9.45. The van der Waals surface area contributed by atoms with Crippen LogP contribution in [0.25, 0.3) is 5.65 Å². The van der Waals surface area contributed by atoms with E-state index in [1.807, 2.05) is 28.8 Å². The van der Waals surface area contributed by atoms with Gasteiger partial charge in [0.05, 0.1) is 6.10 Å². The first-order chi connectivity index (χ1) is 10.8. The lowest BCUT2D eigenvalue weighted by molar-refractivity contribution is 0.0293. The lowest BCUT2D eigenvalue weighted by atomic mass is 10.1. The Kier molecular flexibility index (Phi) is 4.56. The van der Waals surface area contributed by atoms with Gasteiger partial charge >= 0.3 is 0 Å². The van der Waals surface area contributed by atoms with Crippen molar-refractivity contribution in [3.8, 4) is 6.07 Å². The zero-order chi connectivity index (χ0) is 15.4. The number of piperidine rings is 1. The van der Waals surface area contributed by atoms with Crippen LogP contribution in [0.2, 0.25) is 0 Å². The summed E-state index contributed by atoms with van der Waals surface area (Å²) in [6.45, 7) is 2.45.